The summed E-state index contributed by atoms with van der Waals surface area (Å²) in [5, 5.41) is 19.4. The third-order valence-corrected chi connectivity index (χ3v) is 6.69. The maximum atomic E-state index is 11.3. The van der Waals surface area contributed by atoms with Gasteiger partial charge in [0, 0.05) is 12.0 Å². The standard InChI is InChI=1S/C21H25NO4/c1-25-17-5-4-16(15-12-21(26-18(15)17)8-2-3-9-21)20(13-22)10-6-14(7-11-20)19(23)24/h4-5,14H,2-3,6-12H2,1H3,(H,23,24). The molecule has 26 heavy (non-hydrogen) atoms. The minimum Gasteiger partial charge on any atom is -0.493 e. The summed E-state index contributed by atoms with van der Waals surface area (Å²) in [6, 6.07) is 6.47. The summed E-state index contributed by atoms with van der Waals surface area (Å²) in [6.45, 7) is 0. The van der Waals surface area contributed by atoms with Crippen molar-refractivity contribution < 1.29 is 19.4 Å². The predicted octanol–water partition coefficient (Wildman–Crippen LogP) is 3.98. The molecule has 1 heterocycles. The number of hydrogen-bond donors (Lipinski definition) is 1. The quantitative estimate of drug-likeness (QED) is 0.887. The first kappa shape index (κ1) is 17.2. The topological polar surface area (TPSA) is 79.5 Å². The van der Waals surface area contributed by atoms with Crippen molar-refractivity contribution in [3.05, 3.63) is 23.3 Å². The second kappa shape index (κ2) is 6.19. The van der Waals surface area contributed by atoms with Gasteiger partial charge in [0.2, 0.25) is 0 Å². The van der Waals surface area contributed by atoms with Gasteiger partial charge >= 0.3 is 5.97 Å². The van der Waals surface area contributed by atoms with Gasteiger partial charge in [-0.3, -0.25) is 4.79 Å². The van der Waals surface area contributed by atoms with Crippen molar-refractivity contribution in [1.82, 2.24) is 0 Å². The van der Waals surface area contributed by atoms with Gasteiger partial charge in [0.1, 0.15) is 5.60 Å². The van der Waals surface area contributed by atoms with Crippen molar-refractivity contribution in [2.24, 2.45) is 5.92 Å². The summed E-state index contributed by atoms with van der Waals surface area (Å²) in [7, 11) is 1.65. The molecule has 2 fully saturated rings. The van der Waals surface area contributed by atoms with Crippen molar-refractivity contribution in [2.45, 2.75) is 68.8 Å². The van der Waals surface area contributed by atoms with Crippen molar-refractivity contribution in [2.75, 3.05) is 7.11 Å². The number of rotatable bonds is 3. The number of hydrogen-bond acceptors (Lipinski definition) is 4. The zero-order chi connectivity index (χ0) is 18.4. The average Bonchev–Trinajstić information content (AvgIpc) is 3.27. The molecule has 0 atom stereocenters. The number of carboxylic acids is 1. The highest BCUT2D eigenvalue weighted by atomic mass is 16.5. The lowest BCUT2D eigenvalue weighted by Crippen LogP contribution is -2.34. The number of benzene rings is 1. The molecule has 1 aromatic carbocycles. The summed E-state index contributed by atoms with van der Waals surface area (Å²) in [5.41, 5.74) is 1.39. The van der Waals surface area contributed by atoms with Crippen LogP contribution in [-0.4, -0.2) is 23.8 Å². The normalized spacial score (nSPS) is 29.0. The summed E-state index contributed by atoms with van der Waals surface area (Å²) in [6.07, 6.45) is 7.56. The van der Waals surface area contributed by atoms with Crippen LogP contribution in [0.3, 0.4) is 0 Å². The fourth-order valence-corrected chi connectivity index (χ4v) is 5.17. The molecule has 5 nitrogen and oxygen atoms in total. The summed E-state index contributed by atoms with van der Waals surface area (Å²) in [5.74, 6) is 0.464. The minimum absolute atomic E-state index is 0.138. The van der Waals surface area contributed by atoms with Crippen molar-refractivity contribution in [1.29, 1.82) is 5.26 Å². The lowest BCUT2D eigenvalue weighted by atomic mass is 9.66. The highest BCUT2D eigenvalue weighted by Gasteiger charge is 2.48. The Bertz CT molecular complexity index is 765. The smallest absolute Gasteiger partial charge is 0.306 e. The molecule has 1 aromatic rings. The molecule has 2 aliphatic carbocycles. The Hall–Kier alpha value is -2.22. The molecule has 3 aliphatic rings. The zero-order valence-corrected chi connectivity index (χ0v) is 15.2. The van der Waals surface area contributed by atoms with Crippen LogP contribution in [0.1, 0.15) is 62.5 Å². The monoisotopic (exact) mass is 355 g/mol. The van der Waals surface area contributed by atoms with Crippen LogP contribution in [0.2, 0.25) is 0 Å². The van der Waals surface area contributed by atoms with Crippen LogP contribution < -0.4 is 9.47 Å². The fourth-order valence-electron chi connectivity index (χ4n) is 5.17. The Labute approximate surface area is 153 Å². The molecule has 0 saturated heterocycles. The van der Waals surface area contributed by atoms with Crippen LogP contribution in [0.4, 0.5) is 0 Å². The number of fused-ring (bicyclic) bond motifs is 1. The first-order chi connectivity index (χ1) is 12.5. The van der Waals surface area contributed by atoms with Gasteiger partial charge in [-0.05, 0) is 63.0 Å². The molecule has 0 bridgehead atoms. The third kappa shape index (κ3) is 2.55. The van der Waals surface area contributed by atoms with Gasteiger partial charge in [-0.15, -0.1) is 0 Å². The second-order valence-corrected chi connectivity index (χ2v) is 8.10. The van der Waals surface area contributed by atoms with Gasteiger partial charge in [-0.2, -0.15) is 5.26 Å². The van der Waals surface area contributed by atoms with Crippen LogP contribution in [0.15, 0.2) is 12.1 Å². The Morgan fingerprint density at radius 3 is 2.54 bits per heavy atom. The largest absolute Gasteiger partial charge is 0.493 e. The van der Waals surface area contributed by atoms with E-state index in [9.17, 15) is 15.2 Å². The Kier molecular flexibility index (Phi) is 4.10. The van der Waals surface area contributed by atoms with Crippen molar-refractivity contribution in [3.63, 3.8) is 0 Å². The van der Waals surface area contributed by atoms with E-state index in [2.05, 4.69) is 6.07 Å². The van der Waals surface area contributed by atoms with E-state index in [1.807, 2.05) is 12.1 Å². The van der Waals surface area contributed by atoms with Gasteiger partial charge in [0.15, 0.2) is 11.5 Å². The molecule has 1 spiro atoms. The number of nitriles is 1. The number of methoxy groups -OCH3 is 1. The van der Waals surface area contributed by atoms with E-state index in [0.29, 0.717) is 25.7 Å². The first-order valence-corrected chi connectivity index (χ1v) is 9.56. The van der Waals surface area contributed by atoms with Gasteiger partial charge < -0.3 is 14.6 Å². The molecule has 4 rings (SSSR count). The SMILES string of the molecule is COc1ccc(C2(C#N)CCC(C(=O)O)CC2)c2c1OC1(CCCC1)C2. The van der Waals surface area contributed by atoms with Gasteiger partial charge in [-0.25, -0.2) is 0 Å². The Morgan fingerprint density at radius 2 is 1.96 bits per heavy atom. The number of carboxylic acid groups (broad SMARTS) is 1. The molecule has 0 amide bonds. The van der Waals surface area contributed by atoms with E-state index in [1.165, 1.54) is 12.8 Å². The van der Waals surface area contributed by atoms with Crippen LogP contribution in [0.5, 0.6) is 11.5 Å². The Balaban J connectivity index is 1.73. The predicted molar refractivity (Wildman–Crippen MR) is 95.4 cm³/mol. The lowest BCUT2D eigenvalue weighted by Gasteiger charge is -2.35. The van der Waals surface area contributed by atoms with Crippen molar-refractivity contribution >= 4 is 5.97 Å². The molecule has 5 heteroatoms. The highest BCUT2D eigenvalue weighted by Crippen LogP contribution is 2.53. The third-order valence-electron chi connectivity index (χ3n) is 6.69. The number of nitrogens with zero attached hydrogens (tertiary/aromatic N) is 1. The first-order valence-electron chi connectivity index (χ1n) is 9.56. The van der Waals surface area contributed by atoms with E-state index in [-0.39, 0.29) is 11.5 Å². The second-order valence-electron chi connectivity index (χ2n) is 8.10. The van der Waals surface area contributed by atoms with Gasteiger partial charge in [-0.1, -0.05) is 6.07 Å². The maximum Gasteiger partial charge on any atom is 0.306 e. The van der Waals surface area contributed by atoms with Crippen molar-refractivity contribution in [3.8, 4) is 17.6 Å². The summed E-state index contributed by atoms with van der Waals surface area (Å²) in [4.78, 5) is 11.3. The van der Waals surface area contributed by atoms with Crippen LogP contribution in [-0.2, 0) is 16.6 Å². The van der Waals surface area contributed by atoms with Gasteiger partial charge in [0.25, 0.3) is 0 Å². The van der Waals surface area contributed by atoms with Gasteiger partial charge in [0.05, 0.1) is 24.5 Å². The molecular weight excluding hydrogens is 330 g/mol. The van der Waals surface area contributed by atoms with E-state index in [4.69, 9.17) is 9.47 Å². The van der Waals surface area contributed by atoms with E-state index < -0.39 is 11.4 Å². The summed E-state index contributed by atoms with van der Waals surface area (Å²) >= 11 is 0. The Morgan fingerprint density at radius 1 is 1.27 bits per heavy atom. The summed E-state index contributed by atoms with van der Waals surface area (Å²) < 4.78 is 12.0. The highest BCUT2D eigenvalue weighted by molar-refractivity contribution is 5.70. The van der Waals surface area contributed by atoms with Crippen LogP contribution >= 0.6 is 0 Å². The number of ether oxygens (including phenoxy) is 2. The molecule has 1 aliphatic heterocycles. The molecule has 0 aromatic heterocycles. The van der Waals surface area contributed by atoms with Crippen LogP contribution in [0.25, 0.3) is 0 Å². The minimum atomic E-state index is -0.746. The molecular formula is C21H25NO4. The lowest BCUT2D eigenvalue weighted by molar-refractivity contribution is -0.143. The molecule has 138 valence electrons. The number of aliphatic carboxylic acids is 1. The van der Waals surface area contributed by atoms with E-state index >= 15 is 0 Å². The number of carbonyl (C=O) groups is 1. The molecule has 0 unspecified atom stereocenters. The molecule has 0 radical (unpaired) electrons. The maximum absolute atomic E-state index is 11.3. The molecule has 1 N–H and O–H groups in total. The van der Waals surface area contributed by atoms with Crippen LogP contribution in [0, 0.1) is 17.2 Å². The molecule has 2 saturated carbocycles. The van der Waals surface area contributed by atoms with E-state index in [1.54, 1.807) is 7.11 Å². The van der Waals surface area contributed by atoms with E-state index in [0.717, 1.165) is 41.9 Å². The average molecular weight is 355 g/mol. The zero-order valence-electron chi connectivity index (χ0n) is 15.2. The fraction of sp³-hybridized carbons (Fsp3) is 0.619.